The average Bonchev–Trinajstić information content (AvgIpc) is 3.25. The van der Waals surface area contributed by atoms with Crippen molar-refractivity contribution in [1.29, 1.82) is 0 Å². The molecule has 0 spiro atoms. The van der Waals surface area contributed by atoms with Gasteiger partial charge < -0.3 is 5.32 Å². The summed E-state index contributed by atoms with van der Waals surface area (Å²) in [5.74, 6) is -1.44. The van der Waals surface area contributed by atoms with E-state index in [1.165, 1.54) is 11.3 Å². The number of fused-ring (bicyclic) bond motifs is 1. The molecule has 3 unspecified atom stereocenters. The number of thiazole rings is 1. The second-order valence-electron chi connectivity index (χ2n) is 7.37. The van der Waals surface area contributed by atoms with Crippen LogP contribution in [-0.2, 0) is 14.4 Å². The molecule has 1 aliphatic heterocycles. The number of rotatable bonds is 4. The molecule has 1 aromatic carbocycles. The topological polar surface area (TPSA) is 79.4 Å². The van der Waals surface area contributed by atoms with Crippen LogP contribution in [0, 0.1) is 11.8 Å². The molecule has 2 fully saturated rings. The number of carbonyl (C=O) groups excluding carboxylic acids is 3. The van der Waals surface area contributed by atoms with Crippen LogP contribution in [0.4, 0.5) is 5.13 Å². The third-order valence-electron chi connectivity index (χ3n) is 5.58. The van der Waals surface area contributed by atoms with E-state index in [0.29, 0.717) is 26.4 Å². The highest BCUT2D eigenvalue weighted by atomic mass is 35.5. The van der Waals surface area contributed by atoms with Gasteiger partial charge in [0.15, 0.2) is 5.13 Å². The van der Waals surface area contributed by atoms with E-state index < -0.39 is 11.9 Å². The molecule has 1 aliphatic carbocycles. The second-order valence-corrected chi connectivity index (χ2v) is 9.07. The molecular weight excluding hydrogens is 433 g/mol. The van der Waals surface area contributed by atoms with Crippen molar-refractivity contribution in [1.82, 2.24) is 9.88 Å². The molecule has 1 aromatic heterocycles. The number of aromatic nitrogens is 1. The minimum atomic E-state index is -0.882. The Bertz CT molecular complexity index is 969. The number of hydrogen-bond donors (Lipinski definition) is 1. The van der Waals surface area contributed by atoms with E-state index >= 15 is 0 Å². The van der Waals surface area contributed by atoms with Crippen molar-refractivity contribution < 1.29 is 14.4 Å². The minimum absolute atomic E-state index is 0.227. The van der Waals surface area contributed by atoms with Crippen LogP contribution in [0.2, 0.25) is 10.0 Å². The first kappa shape index (κ1) is 20.3. The molecule has 152 valence electrons. The Hall–Kier alpha value is -1.96. The summed E-state index contributed by atoms with van der Waals surface area (Å²) in [6, 6.07) is 4.22. The fraction of sp³-hybridized carbons (Fsp3) is 0.400. The lowest BCUT2D eigenvalue weighted by molar-refractivity contribution is -0.146. The molecule has 6 nitrogen and oxygen atoms in total. The van der Waals surface area contributed by atoms with Crippen molar-refractivity contribution in [2.24, 2.45) is 11.8 Å². The summed E-state index contributed by atoms with van der Waals surface area (Å²) in [4.78, 5) is 43.6. The summed E-state index contributed by atoms with van der Waals surface area (Å²) in [6.45, 7) is 1.58. The van der Waals surface area contributed by atoms with E-state index in [4.69, 9.17) is 23.2 Å². The number of anilines is 1. The van der Waals surface area contributed by atoms with Gasteiger partial charge in [0.1, 0.15) is 6.04 Å². The van der Waals surface area contributed by atoms with Gasteiger partial charge in [0.25, 0.3) is 0 Å². The Morgan fingerprint density at radius 2 is 1.86 bits per heavy atom. The fourth-order valence-electron chi connectivity index (χ4n) is 4.05. The number of halogens is 2. The molecule has 4 rings (SSSR count). The zero-order valence-corrected chi connectivity index (χ0v) is 18.0. The van der Waals surface area contributed by atoms with Gasteiger partial charge in [-0.05, 0) is 38.0 Å². The smallest absolute Gasteiger partial charge is 0.249 e. The second kappa shape index (κ2) is 8.05. The Labute approximate surface area is 182 Å². The largest absolute Gasteiger partial charge is 0.300 e. The molecule has 2 heterocycles. The Morgan fingerprint density at radius 3 is 2.48 bits per heavy atom. The van der Waals surface area contributed by atoms with E-state index in [-0.39, 0.29) is 23.7 Å². The number of amides is 3. The summed E-state index contributed by atoms with van der Waals surface area (Å²) >= 11 is 13.4. The number of nitrogens with one attached hydrogen (secondary N) is 1. The number of carbonyl (C=O) groups is 3. The lowest BCUT2D eigenvalue weighted by Crippen LogP contribution is -2.46. The van der Waals surface area contributed by atoms with Crippen molar-refractivity contribution in [3.05, 3.63) is 33.6 Å². The summed E-state index contributed by atoms with van der Waals surface area (Å²) in [7, 11) is 0. The molecule has 3 amide bonds. The standard InChI is InChI=1S/C20H19Cl2N3O3S/c1-10(25-18(27)12-4-2-3-5-13(12)19(25)28)17(26)24-20-23-16(9-29-20)14-7-6-11(21)8-15(14)22/h6-10,12-13H,2-5H2,1H3,(H,23,24,26). The summed E-state index contributed by atoms with van der Waals surface area (Å²) in [5, 5.41) is 5.85. The third-order valence-corrected chi connectivity index (χ3v) is 6.89. The molecule has 9 heteroatoms. The van der Waals surface area contributed by atoms with Crippen molar-refractivity contribution in [3.8, 4) is 11.3 Å². The first-order chi connectivity index (χ1) is 13.9. The first-order valence-corrected chi connectivity index (χ1v) is 11.1. The molecule has 1 N–H and O–H groups in total. The number of imide groups is 1. The van der Waals surface area contributed by atoms with E-state index in [1.807, 2.05) is 0 Å². The SMILES string of the molecule is CC(C(=O)Nc1nc(-c2ccc(Cl)cc2Cl)cs1)N1C(=O)C2CCCCC2C1=O. The van der Waals surface area contributed by atoms with Crippen LogP contribution in [0.15, 0.2) is 23.6 Å². The molecule has 1 saturated carbocycles. The molecule has 3 atom stereocenters. The summed E-state index contributed by atoms with van der Waals surface area (Å²) in [6.07, 6.45) is 3.34. The van der Waals surface area contributed by atoms with Crippen LogP contribution in [0.25, 0.3) is 11.3 Å². The summed E-state index contributed by atoms with van der Waals surface area (Å²) < 4.78 is 0. The van der Waals surface area contributed by atoms with E-state index in [1.54, 1.807) is 30.5 Å². The van der Waals surface area contributed by atoms with Crippen LogP contribution in [0.1, 0.15) is 32.6 Å². The van der Waals surface area contributed by atoms with Crippen LogP contribution in [0.3, 0.4) is 0 Å². The van der Waals surface area contributed by atoms with Crippen molar-refractivity contribution >= 4 is 57.4 Å². The lowest BCUT2D eigenvalue weighted by atomic mass is 9.81. The molecule has 1 saturated heterocycles. The van der Waals surface area contributed by atoms with Gasteiger partial charge in [0.2, 0.25) is 17.7 Å². The van der Waals surface area contributed by atoms with Crippen molar-refractivity contribution in [2.75, 3.05) is 5.32 Å². The monoisotopic (exact) mass is 451 g/mol. The first-order valence-electron chi connectivity index (χ1n) is 9.45. The van der Waals surface area contributed by atoms with E-state index in [2.05, 4.69) is 10.3 Å². The fourth-order valence-corrected chi connectivity index (χ4v) is 5.27. The Morgan fingerprint density at radius 1 is 1.21 bits per heavy atom. The predicted molar refractivity (Wildman–Crippen MR) is 113 cm³/mol. The molecule has 2 aromatic rings. The van der Waals surface area contributed by atoms with Gasteiger partial charge in [-0.15, -0.1) is 11.3 Å². The maximum atomic E-state index is 12.7. The van der Waals surface area contributed by atoms with Crippen molar-refractivity contribution in [3.63, 3.8) is 0 Å². The molecule has 29 heavy (non-hydrogen) atoms. The number of hydrogen-bond acceptors (Lipinski definition) is 5. The van der Waals surface area contributed by atoms with Crippen LogP contribution < -0.4 is 5.32 Å². The number of likely N-dealkylation sites (tertiary alicyclic amines) is 1. The van der Waals surface area contributed by atoms with Gasteiger partial charge in [-0.2, -0.15) is 0 Å². The van der Waals surface area contributed by atoms with Gasteiger partial charge in [-0.25, -0.2) is 4.98 Å². The zero-order valence-electron chi connectivity index (χ0n) is 15.7. The van der Waals surface area contributed by atoms with Gasteiger partial charge in [0, 0.05) is 16.0 Å². The normalized spacial score (nSPS) is 22.5. The highest BCUT2D eigenvalue weighted by Gasteiger charge is 2.50. The van der Waals surface area contributed by atoms with Crippen molar-refractivity contribution in [2.45, 2.75) is 38.6 Å². The highest BCUT2D eigenvalue weighted by Crippen LogP contribution is 2.39. The van der Waals surface area contributed by atoms with Gasteiger partial charge >= 0.3 is 0 Å². The van der Waals surface area contributed by atoms with Gasteiger partial charge in [-0.1, -0.05) is 36.0 Å². The Kier molecular flexibility index (Phi) is 5.64. The molecule has 2 aliphatic rings. The van der Waals surface area contributed by atoms with Crippen LogP contribution in [-0.4, -0.2) is 33.6 Å². The van der Waals surface area contributed by atoms with Crippen LogP contribution >= 0.6 is 34.5 Å². The number of benzene rings is 1. The minimum Gasteiger partial charge on any atom is -0.300 e. The number of nitrogens with zero attached hydrogens (tertiary/aromatic N) is 2. The van der Waals surface area contributed by atoms with E-state index in [9.17, 15) is 14.4 Å². The quantitative estimate of drug-likeness (QED) is 0.687. The molecular formula is C20H19Cl2N3O3S. The van der Waals surface area contributed by atoms with Gasteiger partial charge in [-0.3, -0.25) is 19.3 Å². The maximum absolute atomic E-state index is 12.7. The zero-order chi connectivity index (χ0) is 20.7. The highest BCUT2D eigenvalue weighted by molar-refractivity contribution is 7.14. The van der Waals surface area contributed by atoms with E-state index in [0.717, 1.165) is 30.6 Å². The van der Waals surface area contributed by atoms with Gasteiger partial charge in [0.05, 0.1) is 22.6 Å². The third kappa shape index (κ3) is 3.79. The lowest BCUT2D eigenvalue weighted by Gasteiger charge is -2.21. The Balaban J connectivity index is 1.48. The predicted octanol–water partition coefficient (Wildman–Crippen LogP) is 4.62. The maximum Gasteiger partial charge on any atom is 0.249 e. The molecule has 0 radical (unpaired) electrons. The average molecular weight is 452 g/mol. The summed E-state index contributed by atoms with van der Waals surface area (Å²) in [5.41, 5.74) is 1.31. The van der Waals surface area contributed by atoms with Crippen LogP contribution in [0.5, 0.6) is 0 Å². The molecule has 0 bridgehead atoms.